The van der Waals surface area contributed by atoms with E-state index >= 15 is 0 Å². The number of amides is 1. The van der Waals surface area contributed by atoms with Gasteiger partial charge in [-0.2, -0.15) is 0 Å². The van der Waals surface area contributed by atoms with Gasteiger partial charge in [0.2, 0.25) is 0 Å². The maximum Gasteiger partial charge on any atom is 0.260 e. The number of aliphatic hydroxyl groups excluding tert-OH is 1. The molecule has 0 bridgehead atoms. The number of halogens is 1. The molecule has 0 saturated carbocycles. The van der Waals surface area contributed by atoms with Gasteiger partial charge in [-0.1, -0.05) is 18.2 Å². The standard InChI is InChI=1S/C25H31FN2O4/c1-18-15-28(19(2)14-27(18)16-21-6-9-22(26)10-7-21)25(30)17-32-23-11-8-20(5-4-12-29)13-24(23)31-3/h4,6-13,18-19,29H,5,14-17H2,1-3H3/b12-4+. The van der Waals surface area contributed by atoms with Gasteiger partial charge in [0.25, 0.3) is 5.91 Å². The van der Waals surface area contributed by atoms with Crippen molar-refractivity contribution in [3.63, 3.8) is 0 Å². The number of ether oxygens (including phenoxy) is 2. The summed E-state index contributed by atoms with van der Waals surface area (Å²) in [5.74, 6) is 0.749. The number of carbonyl (C=O) groups is 1. The molecule has 0 radical (unpaired) electrons. The van der Waals surface area contributed by atoms with E-state index in [1.165, 1.54) is 12.1 Å². The van der Waals surface area contributed by atoms with Gasteiger partial charge in [0, 0.05) is 31.7 Å². The monoisotopic (exact) mass is 442 g/mol. The van der Waals surface area contributed by atoms with Crippen LogP contribution in [0.15, 0.2) is 54.8 Å². The molecule has 2 atom stereocenters. The smallest absolute Gasteiger partial charge is 0.260 e. The van der Waals surface area contributed by atoms with Crippen LogP contribution in [0.2, 0.25) is 0 Å². The molecule has 2 unspecified atom stereocenters. The van der Waals surface area contributed by atoms with Crippen molar-refractivity contribution in [2.24, 2.45) is 0 Å². The molecule has 7 heteroatoms. The molecule has 1 amide bonds. The van der Waals surface area contributed by atoms with Gasteiger partial charge < -0.3 is 19.5 Å². The number of carbonyl (C=O) groups excluding carboxylic acids is 1. The highest BCUT2D eigenvalue weighted by molar-refractivity contribution is 5.78. The van der Waals surface area contributed by atoms with Crippen LogP contribution in [-0.2, 0) is 17.8 Å². The summed E-state index contributed by atoms with van der Waals surface area (Å²) in [7, 11) is 1.56. The minimum atomic E-state index is -0.237. The van der Waals surface area contributed by atoms with Crippen LogP contribution in [0.3, 0.4) is 0 Å². The van der Waals surface area contributed by atoms with Crippen LogP contribution in [0.5, 0.6) is 11.5 Å². The summed E-state index contributed by atoms with van der Waals surface area (Å²) in [6, 6.07) is 12.3. The van der Waals surface area contributed by atoms with Crippen molar-refractivity contribution in [3.05, 3.63) is 71.7 Å². The Morgan fingerprint density at radius 3 is 2.50 bits per heavy atom. The Balaban J connectivity index is 1.57. The van der Waals surface area contributed by atoms with Gasteiger partial charge in [0.15, 0.2) is 18.1 Å². The molecule has 0 spiro atoms. The minimum Gasteiger partial charge on any atom is -0.516 e. The van der Waals surface area contributed by atoms with Crippen LogP contribution in [0.1, 0.15) is 25.0 Å². The molecule has 0 aliphatic carbocycles. The largest absolute Gasteiger partial charge is 0.516 e. The molecule has 172 valence electrons. The third kappa shape index (κ3) is 6.01. The SMILES string of the molecule is COc1cc(C/C=C/O)ccc1OCC(=O)N1CC(C)N(Cc2ccc(F)cc2)CC1C. The molecule has 2 aromatic carbocycles. The molecule has 6 nitrogen and oxygen atoms in total. The first-order chi connectivity index (χ1) is 15.4. The van der Waals surface area contributed by atoms with E-state index in [9.17, 15) is 9.18 Å². The Hall–Kier alpha value is -3.06. The number of benzene rings is 2. The molecule has 1 saturated heterocycles. The van der Waals surface area contributed by atoms with E-state index in [2.05, 4.69) is 11.8 Å². The Kier molecular flexibility index (Phi) is 8.11. The highest BCUT2D eigenvalue weighted by atomic mass is 19.1. The van der Waals surface area contributed by atoms with Gasteiger partial charge in [-0.15, -0.1) is 0 Å². The van der Waals surface area contributed by atoms with Crippen LogP contribution in [0, 0.1) is 5.82 Å². The van der Waals surface area contributed by atoms with Crippen LogP contribution >= 0.6 is 0 Å². The van der Waals surface area contributed by atoms with E-state index in [4.69, 9.17) is 14.6 Å². The molecular formula is C25H31FN2O4. The van der Waals surface area contributed by atoms with E-state index < -0.39 is 0 Å². The molecule has 1 N–H and O–H groups in total. The molecule has 1 heterocycles. The lowest BCUT2D eigenvalue weighted by atomic mass is 10.1. The number of piperazine rings is 1. The van der Waals surface area contributed by atoms with Crippen molar-refractivity contribution in [1.82, 2.24) is 9.80 Å². The Bertz CT molecular complexity index is 932. The van der Waals surface area contributed by atoms with Gasteiger partial charge in [-0.05, 0) is 61.7 Å². The van der Waals surface area contributed by atoms with Crippen molar-refractivity contribution in [2.75, 3.05) is 26.8 Å². The highest BCUT2D eigenvalue weighted by Crippen LogP contribution is 2.28. The number of nitrogens with zero attached hydrogens (tertiary/aromatic N) is 2. The summed E-state index contributed by atoms with van der Waals surface area (Å²) in [6.45, 7) is 6.13. The molecule has 2 aromatic rings. The van der Waals surface area contributed by atoms with Crippen molar-refractivity contribution in [1.29, 1.82) is 0 Å². The lowest BCUT2D eigenvalue weighted by Gasteiger charge is -2.44. The Labute approximate surface area is 188 Å². The van der Waals surface area contributed by atoms with Crippen molar-refractivity contribution < 1.29 is 23.8 Å². The third-order valence-corrected chi connectivity index (χ3v) is 5.77. The number of allylic oxidation sites excluding steroid dienone is 1. The fourth-order valence-electron chi connectivity index (χ4n) is 3.96. The zero-order chi connectivity index (χ0) is 23.1. The maximum atomic E-state index is 13.2. The van der Waals surface area contributed by atoms with Gasteiger partial charge in [0.05, 0.1) is 13.4 Å². The average Bonchev–Trinajstić information content (AvgIpc) is 2.79. The van der Waals surface area contributed by atoms with Crippen LogP contribution < -0.4 is 9.47 Å². The van der Waals surface area contributed by atoms with E-state index in [0.29, 0.717) is 24.5 Å². The molecular weight excluding hydrogens is 411 g/mol. The average molecular weight is 443 g/mol. The normalized spacial score (nSPS) is 19.3. The zero-order valence-corrected chi connectivity index (χ0v) is 18.8. The summed E-state index contributed by atoms with van der Waals surface area (Å²) >= 11 is 0. The van der Waals surface area contributed by atoms with Crippen molar-refractivity contribution >= 4 is 5.91 Å². The van der Waals surface area contributed by atoms with E-state index in [1.54, 1.807) is 31.4 Å². The summed E-state index contributed by atoms with van der Waals surface area (Å²) in [4.78, 5) is 17.1. The number of methoxy groups -OCH3 is 1. The Morgan fingerprint density at radius 2 is 1.81 bits per heavy atom. The molecule has 3 rings (SSSR count). The predicted molar refractivity (Wildman–Crippen MR) is 121 cm³/mol. The molecule has 1 fully saturated rings. The second kappa shape index (κ2) is 11.0. The van der Waals surface area contributed by atoms with Gasteiger partial charge in [-0.3, -0.25) is 9.69 Å². The maximum absolute atomic E-state index is 13.2. The first kappa shape index (κ1) is 23.6. The predicted octanol–water partition coefficient (Wildman–Crippen LogP) is 3.95. The first-order valence-corrected chi connectivity index (χ1v) is 10.8. The zero-order valence-electron chi connectivity index (χ0n) is 18.8. The third-order valence-electron chi connectivity index (χ3n) is 5.77. The lowest BCUT2D eigenvalue weighted by molar-refractivity contribution is -0.139. The van der Waals surface area contributed by atoms with Crippen molar-refractivity contribution in [3.8, 4) is 11.5 Å². The molecule has 1 aliphatic heterocycles. The molecule has 1 aliphatic rings. The number of hydrogen-bond donors (Lipinski definition) is 1. The van der Waals surface area contributed by atoms with Gasteiger partial charge in [-0.25, -0.2) is 4.39 Å². The second-order valence-electron chi connectivity index (χ2n) is 8.16. The number of aliphatic hydroxyl groups is 1. The summed E-state index contributed by atoms with van der Waals surface area (Å²) in [5.41, 5.74) is 2.02. The Morgan fingerprint density at radius 1 is 1.09 bits per heavy atom. The fraction of sp³-hybridized carbons (Fsp3) is 0.400. The van der Waals surface area contributed by atoms with Crippen LogP contribution in [-0.4, -0.2) is 59.7 Å². The summed E-state index contributed by atoms with van der Waals surface area (Å²) < 4.78 is 24.3. The highest BCUT2D eigenvalue weighted by Gasteiger charge is 2.32. The molecule has 32 heavy (non-hydrogen) atoms. The number of hydrogen-bond acceptors (Lipinski definition) is 5. The van der Waals surface area contributed by atoms with Crippen molar-refractivity contribution in [2.45, 2.75) is 38.9 Å². The van der Waals surface area contributed by atoms with Gasteiger partial charge >= 0.3 is 0 Å². The van der Waals surface area contributed by atoms with E-state index in [-0.39, 0.29) is 30.4 Å². The lowest BCUT2D eigenvalue weighted by Crippen LogP contribution is -2.58. The summed E-state index contributed by atoms with van der Waals surface area (Å²) in [6.07, 6.45) is 3.22. The second-order valence-corrected chi connectivity index (χ2v) is 8.16. The van der Waals surface area contributed by atoms with Crippen LogP contribution in [0.4, 0.5) is 4.39 Å². The quantitative estimate of drug-likeness (QED) is 0.628. The van der Waals surface area contributed by atoms with E-state index in [0.717, 1.165) is 30.5 Å². The number of rotatable bonds is 8. The first-order valence-electron chi connectivity index (χ1n) is 10.8. The minimum absolute atomic E-state index is 0.0392. The topological polar surface area (TPSA) is 62.2 Å². The van der Waals surface area contributed by atoms with Crippen LogP contribution in [0.25, 0.3) is 0 Å². The summed E-state index contributed by atoms with van der Waals surface area (Å²) in [5, 5.41) is 8.82. The van der Waals surface area contributed by atoms with Gasteiger partial charge in [0.1, 0.15) is 5.82 Å². The fourth-order valence-corrected chi connectivity index (χ4v) is 3.96. The van der Waals surface area contributed by atoms with E-state index in [1.807, 2.05) is 24.0 Å². The molecule has 0 aromatic heterocycles.